The van der Waals surface area contributed by atoms with E-state index in [4.69, 9.17) is 4.74 Å². The summed E-state index contributed by atoms with van der Waals surface area (Å²) < 4.78 is 5.26. The standard InChI is InChI=1S/C20H30N4O3/c1-22(16-20(26)24-10-12-27-13-11-24)15-19(25)21-18-6-4-17(5-7-18)14-23-8-2-3-9-23/h4-7H,2-3,8-16H2,1H3,(H,21,25). The summed E-state index contributed by atoms with van der Waals surface area (Å²) >= 11 is 0. The van der Waals surface area contributed by atoms with Crippen molar-refractivity contribution in [1.82, 2.24) is 14.7 Å². The van der Waals surface area contributed by atoms with Gasteiger partial charge in [-0.05, 0) is 50.7 Å². The summed E-state index contributed by atoms with van der Waals surface area (Å²) in [6, 6.07) is 8.03. The molecule has 1 aromatic carbocycles. The molecule has 2 amide bonds. The molecule has 2 saturated heterocycles. The van der Waals surface area contributed by atoms with Gasteiger partial charge in [0.2, 0.25) is 11.8 Å². The van der Waals surface area contributed by atoms with Crippen LogP contribution in [0.4, 0.5) is 5.69 Å². The summed E-state index contributed by atoms with van der Waals surface area (Å²) in [4.78, 5) is 30.4. The first-order chi connectivity index (χ1) is 13.1. The molecule has 2 fully saturated rings. The van der Waals surface area contributed by atoms with E-state index in [1.165, 1.54) is 31.5 Å². The van der Waals surface area contributed by atoms with Crippen molar-refractivity contribution in [3.63, 3.8) is 0 Å². The number of anilines is 1. The van der Waals surface area contributed by atoms with Crippen molar-refractivity contribution in [3.8, 4) is 0 Å². The molecule has 0 bridgehead atoms. The van der Waals surface area contributed by atoms with Crippen LogP contribution in [0.15, 0.2) is 24.3 Å². The monoisotopic (exact) mass is 374 g/mol. The molecule has 3 rings (SSSR count). The molecule has 0 unspecified atom stereocenters. The molecule has 0 atom stereocenters. The Morgan fingerprint density at radius 3 is 2.37 bits per heavy atom. The lowest BCUT2D eigenvalue weighted by molar-refractivity contribution is -0.136. The van der Waals surface area contributed by atoms with Crippen molar-refractivity contribution in [2.45, 2.75) is 19.4 Å². The number of nitrogens with zero attached hydrogens (tertiary/aromatic N) is 3. The van der Waals surface area contributed by atoms with Gasteiger partial charge in [0.15, 0.2) is 0 Å². The van der Waals surface area contributed by atoms with E-state index in [1.54, 1.807) is 16.8 Å². The molecular weight excluding hydrogens is 344 g/mol. The molecule has 2 aliphatic heterocycles. The minimum atomic E-state index is -0.112. The van der Waals surface area contributed by atoms with Crippen molar-refractivity contribution < 1.29 is 14.3 Å². The minimum absolute atomic E-state index is 0.0415. The van der Waals surface area contributed by atoms with Gasteiger partial charge < -0.3 is 15.0 Å². The van der Waals surface area contributed by atoms with Crippen LogP contribution >= 0.6 is 0 Å². The molecule has 2 aliphatic rings. The fraction of sp³-hybridized carbons (Fsp3) is 0.600. The Balaban J connectivity index is 1.40. The molecule has 7 nitrogen and oxygen atoms in total. The van der Waals surface area contributed by atoms with Gasteiger partial charge in [0.05, 0.1) is 26.3 Å². The average Bonchev–Trinajstić information content (AvgIpc) is 3.17. The van der Waals surface area contributed by atoms with E-state index in [9.17, 15) is 9.59 Å². The summed E-state index contributed by atoms with van der Waals surface area (Å²) in [5.41, 5.74) is 2.06. The Morgan fingerprint density at radius 2 is 1.70 bits per heavy atom. The van der Waals surface area contributed by atoms with Crippen molar-refractivity contribution in [3.05, 3.63) is 29.8 Å². The fourth-order valence-electron chi connectivity index (χ4n) is 3.54. The summed E-state index contributed by atoms with van der Waals surface area (Å²) in [6.07, 6.45) is 2.57. The number of amides is 2. The molecule has 7 heteroatoms. The second-order valence-electron chi connectivity index (χ2n) is 7.39. The van der Waals surface area contributed by atoms with Gasteiger partial charge >= 0.3 is 0 Å². The molecule has 0 saturated carbocycles. The predicted octanol–water partition coefficient (Wildman–Crippen LogP) is 1.01. The third-order valence-electron chi connectivity index (χ3n) is 5.03. The first kappa shape index (κ1) is 19.8. The maximum absolute atomic E-state index is 12.2. The summed E-state index contributed by atoms with van der Waals surface area (Å²) in [5, 5.41) is 2.91. The maximum atomic E-state index is 12.2. The van der Waals surface area contributed by atoms with Gasteiger partial charge in [0.1, 0.15) is 0 Å². The van der Waals surface area contributed by atoms with Gasteiger partial charge in [-0.25, -0.2) is 0 Å². The average molecular weight is 374 g/mol. The van der Waals surface area contributed by atoms with E-state index >= 15 is 0 Å². The number of ether oxygens (including phenoxy) is 1. The number of likely N-dealkylation sites (N-methyl/N-ethyl adjacent to an activating group) is 1. The molecule has 0 aromatic heterocycles. The largest absolute Gasteiger partial charge is 0.378 e. The van der Waals surface area contributed by atoms with Crippen LogP contribution in [0.3, 0.4) is 0 Å². The number of morpholine rings is 1. The third kappa shape index (κ3) is 6.30. The zero-order chi connectivity index (χ0) is 19.1. The molecule has 27 heavy (non-hydrogen) atoms. The van der Waals surface area contributed by atoms with Crippen LogP contribution in [0, 0.1) is 0 Å². The topological polar surface area (TPSA) is 65.1 Å². The third-order valence-corrected chi connectivity index (χ3v) is 5.03. The zero-order valence-electron chi connectivity index (χ0n) is 16.2. The summed E-state index contributed by atoms with van der Waals surface area (Å²) in [5.74, 6) is -0.0700. The Kier molecular flexibility index (Phi) is 7.20. The normalized spacial score (nSPS) is 18.1. The Morgan fingerprint density at radius 1 is 1.04 bits per heavy atom. The first-order valence-corrected chi connectivity index (χ1v) is 9.75. The SMILES string of the molecule is CN(CC(=O)Nc1ccc(CN2CCCC2)cc1)CC(=O)N1CCOCC1. The van der Waals surface area contributed by atoms with E-state index in [0.29, 0.717) is 26.3 Å². The quantitative estimate of drug-likeness (QED) is 0.772. The zero-order valence-corrected chi connectivity index (χ0v) is 16.2. The van der Waals surface area contributed by atoms with Crippen LogP contribution in [-0.2, 0) is 20.9 Å². The minimum Gasteiger partial charge on any atom is -0.378 e. The van der Waals surface area contributed by atoms with Gasteiger partial charge in [-0.1, -0.05) is 12.1 Å². The van der Waals surface area contributed by atoms with Gasteiger partial charge in [0.25, 0.3) is 0 Å². The Labute approximate surface area is 161 Å². The van der Waals surface area contributed by atoms with Crippen LogP contribution in [-0.4, -0.2) is 86.0 Å². The lowest BCUT2D eigenvalue weighted by Crippen LogP contribution is -2.46. The second kappa shape index (κ2) is 9.82. The summed E-state index contributed by atoms with van der Waals surface area (Å²) in [6.45, 7) is 6.18. The molecular formula is C20H30N4O3. The van der Waals surface area contributed by atoms with Crippen molar-refractivity contribution in [1.29, 1.82) is 0 Å². The Hall–Kier alpha value is -1.96. The maximum Gasteiger partial charge on any atom is 0.238 e. The van der Waals surface area contributed by atoms with E-state index < -0.39 is 0 Å². The van der Waals surface area contributed by atoms with Crippen molar-refractivity contribution in [2.24, 2.45) is 0 Å². The van der Waals surface area contributed by atoms with Crippen LogP contribution in [0.25, 0.3) is 0 Å². The van der Waals surface area contributed by atoms with Gasteiger partial charge in [-0.15, -0.1) is 0 Å². The van der Waals surface area contributed by atoms with E-state index in [0.717, 1.165) is 12.2 Å². The van der Waals surface area contributed by atoms with Crippen molar-refractivity contribution >= 4 is 17.5 Å². The lowest BCUT2D eigenvalue weighted by Gasteiger charge is -2.28. The number of nitrogens with one attached hydrogen (secondary N) is 1. The first-order valence-electron chi connectivity index (χ1n) is 9.75. The van der Waals surface area contributed by atoms with Gasteiger partial charge in [0, 0.05) is 25.3 Å². The smallest absolute Gasteiger partial charge is 0.238 e. The molecule has 0 spiro atoms. The van der Waals surface area contributed by atoms with E-state index in [2.05, 4.69) is 22.3 Å². The number of carbonyl (C=O) groups excluding carboxylic acids is 2. The number of rotatable bonds is 7. The second-order valence-corrected chi connectivity index (χ2v) is 7.39. The van der Waals surface area contributed by atoms with Crippen LogP contribution in [0.5, 0.6) is 0 Å². The highest BCUT2D eigenvalue weighted by Crippen LogP contribution is 2.15. The molecule has 1 N–H and O–H groups in total. The predicted molar refractivity (Wildman–Crippen MR) is 104 cm³/mol. The molecule has 0 aliphatic carbocycles. The molecule has 0 radical (unpaired) electrons. The van der Waals surface area contributed by atoms with E-state index in [1.807, 2.05) is 12.1 Å². The molecule has 148 valence electrons. The number of hydrogen-bond donors (Lipinski definition) is 1. The highest BCUT2D eigenvalue weighted by Gasteiger charge is 2.19. The van der Waals surface area contributed by atoms with Gasteiger partial charge in [-0.2, -0.15) is 0 Å². The fourth-order valence-corrected chi connectivity index (χ4v) is 3.54. The lowest BCUT2D eigenvalue weighted by atomic mass is 10.2. The molecule has 2 heterocycles. The summed E-state index contributed by atoms with van der Waals surface area (Å²) in [7, 11) is 1.79. The molecule has 1 aromatic rings. The van der Waals surface area contributed by atoms with Gasteiger partial charge in [-0.3, -0.25) is 19.4 Å². The van der Waals surface area contributed by atoms with E-state index in [-0.39, 0.29) is 24.9 Å². The number of likely N-dealkylation sites (tertiary alicyclic amines) is 1. The Bertz CT molecular complexity index is 623. The van der Waals surface area contributed by atoms with Crippen LogP contribution in [0.1, 0.15) is 18.4 Å². The van der Waals surface area contributed by atoms with Crippen LogP contribution < -0.4 is 5.32 Å². The highest BCUT2D eigenvalue weighted by molar-refractivity contribution is 5.92. The number of carbonyl (C=O) groups is 2. The number of hydrogen-bond acceptors (Lipinski definition) is 5. The van der Waals surface area contributed by atoms with Crippen molar-refractivity contribution in [2.75, 3.05) is 64.8 Å². The number of benzene rings is 1. The highest BCUT2D eigenvalue weighted by atomic mass is 16.5. The van der Waals surface area contributed by atoms with Crippen LogP contribution in [0.2, 0.25) is 0 Å².